The summed E-state index contributed by atoms with van der Waals surface area (Å²) in [6.07, 6.45) is -8.49. The fourth-order valence-corrected chi connectivity index (χ4v) is 14.2. The predicted molar refractivity (Wildman–Crippen MR) is 236 cm³/mol. The third-order valence-electron chi connectivity index (χ3n) is 12.1. The highest BCUT2D eigenvalue weighted by atomic mass is 79.9. The van der Waals surface area contributed by atoms with Gasteiger partial charge in [-0.1, -0.05) is 122 Å². The van der Waals surface area contributed by atoms with E-state index in [4.69, 9.17) is 4.43 Å². The molecule has 1 heterocycles. The number of phenols is 1. The summed E-state index contributed by atoms with van der Waals surface area (Å²) >= 11 is 3.43. The fraction of sp³-hybridized carbons (Fsp3) is 0.375. The number of alkyl halides is 6. The van der Waals surface area contributed by atoms with Crippen LogP contribution in [0.4, 0.5) is 32.0 Å². The average molecular weight is 959 g/mol. The Kier molecular flexibility index (Phi) is 14.4. The van der Waals surface area contributed by atoms with E-state index in [2.05, 4.69) is 36.7 Å². The molecule has 15 heteroatoms. The maximum absolute atomic E-state index is 14.4. The molecule has 1 saturated heterocycles. The van der Waals surface area contributed by atoms with Crippen LogP contribution in [0.1, 0.15) is 76.5 Å². The standard InChI is InChI=1S/C48H50BrF6NO6Si/c1-5-12-29(21-30-22-34(49)18-20-40(30)58)17-19-41(59)42-31(28-62-63(46(2,3)4,36-13-8-6-9-14-36)37-15-10-7-11-16-37)23-38-43(39(42)27-57)45(61)56(44(38)60)35-25-32(47(50,51)52)24-33(26-35)48(53,54)55/h6-11,13-16,18,20-22,24-26,38-39,41,43,57-59H,5,12,17,19,23,27-28H2,1-4H3/b29-21+/t38-,39+,41-,43-/m1/s1. The number of imide groups is 1. The van der Waals surface area contributed by atoms with Gasteiger partial charge in [-0.15, -0.1) is 0 Å². The van der Waals surface area contributed by atoms with Crippen LogP contribution in [0.5, 0.6) is 5.75 Å². The summed E-state index contributed by atoms with van der Waals surface area (Å²) in [5, 5.41) is 35.4. The minimum absolute atomic E-state index is 0.0496. The van der Waals surface area contributed by atoms with E-state index in [1.54, 1.807) is 18.2 Å². The van der Waals surface area contributed by atoms with Crippen molar-refractivity contribution in [2.24, 2.45) is 17.8 Å². The van der Waals surface area contributed by atoms with Crippen molar-refractivity contribution in [2.75, 3.05) is 18.1 Å². The minimum Gasteiger partial charge on any atom is -0.507 e. The Balaban J connectivity index is 1.47. The van der Waals surface area contributed by atoms with E-state index in [-0.39, 0.29) is 36.8 Å². The molecule has 0 radical (unpaired) electrons. The molecule has 2 aliphatic rings. The smallest absolute Gasteiger partial charge is 0.416 e. The van der Waals surface area contributed by atoms with Gasteiger partial charge >= 0.3 is 12.4 Å². The van der Waals surface area contributed by atoms with Crippen LogP contribution in [0.25, 0.3) is 6.08 Å². The van der Waals surface area contributed by atoms with Crippen molar-refractivity contribution in [3.63, 3.8) is 0 Å². The number of allylic oxidation sites excluding steroid dienone is 1. The molecule has 4 atom stereocenters. The first-order valence-electron chi connectivity index (χ1n) is 20.7. The van der Waals surface area contributed by atoms with Crippen molar-refractivity contribution < 1.29 is 55.7 Å². The quantitative estimate of drug-likeness (QED) is 0.0503. The maximum Gasteiger partial charge on any atom is 0.416 e. The summed E-state index contributed by atoms with van der Waals surface area (Å²) in [6.45, 7) is 7.21. The number of halogens is 7. The predicted octanol–water partition coefficient (Wildman–Crippen LogP) is 10.2. The van der Waals surface area contributed by atoms with Gasteiger partial charge in [0, 0.05) is 16.0 Å². The van der Waals surface area contributed by atoms with Gasteiger partial charge < -0.3 is 19.7 Å². The fourth-order valence-electron chi connectivity index (χ4n) is 9.30. The van der Waals surface area contributed by atoms with E-state index < -0.39 is 84.8 Å². The van der Waals surface area contributed by atoms with E-state index in [9.17, 15) is 51.3 Å². The highest BCUT2D eigenvalue weighted by molar-refractivity contribution is 9.10. The molecule has 0 bridgehead atoms. The summed E-state index contributed by atoms with van der Waals surface area (Å²) in [7, 11) is -3.30. The number of aliphatic hydroxyl groups is 2. The molecular formula is C48H50BrF6NO6Si. The second-order valence-electron chi connectivity index (χ2n) is 17.2. The van der Waals surface area contributed by atoms with E-state index in [0.717, 1.165) is 26.8 Å². The van der Waals surface area contributed by atoms with E-state index in [1.165, 1.54) is 0 Å². The Labute approximate surface area is 372 Å². The maximum atomic E-state index is 14.4. The monoisotopic (exact) mass is 957 g/mol. The van der Waals surface area contributed by atoms with Crippen molar-refractivity contribution in [3.05, 3.63) is 135 Å². The van der Waals surface area contributed by atoms with Crippen LogP contribution in [-0.4, -0.2) is 54.8 Å². The van der Waals surface area contributed by atoms with Gasteiger partial charge in [-0.3, -0.25) is 9.59 Å². The van der Waals surface area contributed by atoms with E-state index in [0.29, 0.717) is 41.0 Å². The molecule has 0 saturated carbocycles. The lowest BCUT2D eigenvalue weighted by molar-refractivity contribution is -0.143. The molecule has 1 aliphatic carbocycles. The molecule has 2 amide bonds. The number of amides is 2. The Morgan fingerprint density at radius 2 is 1.43 bits per heavy atom. The van der Waals surface area contributed by atoms with Crippen molar-refractivity contribution in [2.45, 2.75) is 83.3 Å². The number of benzene rings is 4. The molecule has 0 spiro atoms. The summed E-state index contributed by atoms with van der Waals surface area (Å²) < 4.78 is 92.1. The van der Waals surface area contributed by atoms with Crippen LogP contribution in [0.15, 0.2) is 118 Å². The van der Waals surface area contributed by atoms with Gasteiger partial charge in [0.25, 0.3) is 8.32 Å². The third kappa shape index (κ3) is 9.92. The van der Waals surface area contributed by atoms with Gasteiger partial charge in [-0.2, -0.15) is 26.3 Å². The number of nitrogens with zero attached hydrogens (tertiary/aromatic N) is 1. The highest BCUT2D eigenvalue weighted by Crippen LogP contribution is 2.49. The average Bonchev–Trinajstić information content (AvgIpc) is 3.48. The van der Waals surface area contributed by atoms with Gasteiger partial charge in [0.2, 0.25) is 11.8 Å². The van der Waals surface area contributed by atoms with Crippen molar-refractivity contribution >= 4 is 58.2 Å². The van der Waals surface area contributed by atoms with Crippen LogP contribution in [0.2, 0.25) is 5.04 Å². The second-order valence-corrected chi connectivity index (χ2v) is 22.4. The molecule has 0 aromatic heterocycles. The first-order chi connectivity index (χ1) is 29.6. The Morgan fingerprint density at radius 3 is 1.94 bits per heavy atom. The summed E-state index contributed by atoms with van der Waals surface area (Å²) in [5.41, 5.74) is -2.20. The Morgan fingerprint density at radius 1 is 0.857 bits per heavy atom. The largest absolute Gasteiger partial charge is 0.507 e. The van der Waals surface area contributed by atoms with Crippen molar-refractivity contribution in [1.82, 2.24) is 0 Å². The lowest BCUT2D eigenvalue weighted by Gasteiger charge is -2.44. The van der Waals surface area contributed by atoms with Crippen LogP contribution >= 0.6 is 15.9 Å². The van der Waals surface area contributed by atoms with Gasteiger partial charge in [0.15, 0.2) is 0 Å². The number of aromatic hydroxyl groups is 1. The number of carbonyl (C=O) groups is 2. The molecule has 1 fully saturated rings. The number of aliphatic hydroxyl groups excluding tert-OH is 2. The highest BCUT2D eigenvalue weighted by Gasteiger charge is 2.57. The van der Waals surface area contributed by atoms with Crippen LogP contribution in [0, 0.1) is 17.8 Å². The first-order valence-corrected chi connectivity index (χ1v) is 23.4. The number of fused-ring (bicyclic) bond motifs is 1. The summed E-state index contributed by atoms with van der Waals surface area (Å²) in [5.74, 6) is -6.02. The number of rotatable bonds is 14. The minimum atomic E-state index is -5.24. The molecule has 4 aromatic carbocycles. The van der Waals surface area contributed by atoms with Crippen LogP contribution in [-0.2, 0) is 26.4 Å². The zero-order valence-electron chi connectivity index (χ0n) is 35.2. The van der Waals surface area contributed by atoms with Crippen molar-refractivity contribution in [3.8, 4) is 5.75 Å². The second kappa shape index (κ2) is 18.9. The summed E-state index contributed by atoms with van der Waals surface area (Å²) in [6, 6.07) is 24.9. The molecule has 63 heavy (non-hydrogen) atoms. The third-order valence-corrected chi connectivity index (χ3v) is 17.6. The molecule has 1 aliphatic heterocycles. The SMILES string of the molecule is CCC/C(=C\c1cc(Br)ccc1O)CC[C@@H](O)C1=C(CO[Si](c2ccccc2)(c2ccccc2)C(C)(C)C)C[C@H]2C(=O)N(c3cc(C(F)(F)F)cc(C(F)(F)F)c3)C(=O)[C@H]2[C@H]1CO. The Hall–Kier alpha value is -4.54. The number of hydrogen-bond donors (Lipinski definition) is 3. The zero-order chi connectivity index (χ0) is 46.1. The molecule has 7 nitrogen and oxygen atoms in total. The van der Waals surface area contributed by atoms with Gasteiger partial charge in [0.1, 0.15) is 5.75 Å². The number of phenolic OH excluding ortho intramolecular Hbond substituents is 1. The van der Waals surface area contributed by atoms with Crippen LogP contribution < -0.4 is 15.3 Å². The lowest BCUT2D eigenvalue weighted by atomic mass is 9.68. The number of hydrogen-bond acceptors (Lipinski definition) is 6. The Bertz CT molecular complexity index is 2290. The molecule has 4 aromatic rings. The zero-order valence-corrected chi connectivity index (χ0v) is 37.8. The number of carbonyl (C=O) groups excluding carboxylic acids is 2. The lowest BCUT2D eigenvalue weighted by Crippen LogP contribution is -2.66. The molecular weight excluding hydrogens is 909 g/mol. The number of anilines is 1. The van der Waals surface area contributed by atoms with Gasteiger partial charge in [0.05, 0.1) is 48.0 Å². The van der Waals surface area contributed by atoms with E-state index in [1.807, 2.05) is 73.7 Å². The molecule has 0 unspecified atom stereocenters. The molecule has 6 rings (SSSR count). The van der Waals surface area contributed by atoms with Gasteiger partial charge in [-0.05, 0) is 88.6 Å². The molecule has 336 valence electrons. The van der Waals surface area contributed by atoms with Gasteiger partial charge in [-0.25, -0.2) is 4.90 Å². The first kappa shape index (κ1) is 47.9. The normalized spacial score (nSPS) is 19.5. The van der Waals surface area contributed by atoms with Crippen LogP contribution in [0.3, 0.4) is 0 Å². The summed E-state index contributed by atoms with van der Waals surface area (Å²) in [4.78, 5) is 29.2. The molecule has 3 N–H and O–H groups in total. The van der Waals surface area contributed by atoms with E-state index >= 15 is 0 Å². The van der Waals surface area contributed by atoms with Crippen molar-refractivity contribution in [1.29, 1.82) is 0 Å². The topological polar surface area (TPSA) is 107 Å².